The van der Waals surface area contributed by atoms with Crippen molar-refractivity contribution in [1.29, 1.82) is 0 Å². The maximum Gasteiger partial charge on any atom is 0.359 e. The maximum absolute atomic E-state index is 13.5. The zero-order valence-electron chi connectivity index (χ0n) is 31.8. The molecule has 2 heterocycles. The normalized spacial score (nSPS) is 11.4. The Bertz CT molecular complexity index is 2460. The van der Waals surface area contributed by atoms with E-state index in [0.29, 0.717) is 18.8 Å². The maximum atomic E-state index is 13.5. The third-order valence-electron chi connectivity index (χ3n) is 10.4. The molecule has 0 aliphatic carbocycles. The number of carbonyl (C=O) groups excluding carboxylic acids is 1. The van der Waals surface area contributed by atoms with Crippen LogP contribution >= 0.6 is 0 Å². The third kappa shape index (κ3) is 7.35. The van der Waals surface area contributed by atoms with Crippen molar-refractivity contribution in [2.45, 2.75) is 44.9 Å². The van der Waals surface area contributed by atoms with Crippen LogP contribution in [0.15, 0.2) is 170 Å². The lowest BCUT2D eigenvalue weighted by Crippen LogP contribution is -2.39. The largest absolute Gasteiger partial charge is 0.456 e. The van der Waals surface area contributed by atoms with Crippen molar-refractivity contribution in [2.75, 3.05) is 5.73 Å². The van der Waals surface area contributed by atoms with Crippen LogP contribution in [0.2, 0.25) is 0 Å². The first-order valence-corrected chi connectivity index (χ1v) is 19.3. The van der Waals surface area contributed by atoms with E-state index in [1.54, 1.807) is 0 Å². The van der Waals surface area contributed by atoms with Crippen molar-refractivity contribution in [3.63, 3.8) is 0 Å². The van der Waals surface area contributed by atoms with Gasteiger partial charge in [0, 0.05) is 18.5 Å². The number of tetrazole rings is 1. The van der Waals surface area contributed by atoms with Gasteiger partial charge in [0.05, 0.1) is 0 Å². The summed E-state index contributed by atoms with van der Waals surface area (Å²) in [6.07, 6.45) is 2.61. The van der Waals surface area contributed by atoms with E-state index in [9.17, 15) is 4.79 Å². The van der Waals surface area contributed by atoms with Gasteiger partial charge in [0.2, 0.25) is 0 Å². The minimum atomic E-state index is -0.887. The number of anilines is 1. The number of rotatable bonds is 14. The predicted octanol–water partition coefficient (Wildman–Crippen LogP) is 9.37. The van der Waals surface area contributed by atoms with Crippen molar-refractivity contribution in [3.05, 3.63) is 209 Å². The van der Waals surface area contributed by atoms with Crippen LogP contribution in [-0.2, 0) is 29.8 Å². The fraction of sp³-hybridized carbons (Fsp3) is 0.146. The Kier molecular flexibility index (Phi) is 10.8. The lowest BCUT2D eigenvalue weighted by atomic mass is 9.77. The summed E-state index contributed by atoms with van der Waals surface area (Å²) in [4.78, 5) is 18.2. The lowest BCUT2D eigenvalue weighted by molar-refractivity contribution is 0.0461. The Morgan fingerprint density at radius 1 is 0.667 bits per heavy atom. The van der Waals surface area contributed by atoms with E-state index < -0.39 is 11.5 Å². The average Bonchev–Trinajstić information content (AvgIpc) is 3.88. The van der Waals surface area contributed by atoms with Gasteiger partial charge in [0.1, 0.15) is 18.0 Å². The highest BCUT2D eigenvalue weighted by atomic mass is 16.5. The molecule has 2 N–H and O–H groups in total. The predicted molar refractivity (Wildman–Crippen MR) is 223 cm³/mol. The highest BCUT2D eigenvalue weighted by Crippen LogP contribution is 2.43. The fourth-order valence-corrected chi connectivity index (χ4v) is 7.61. The summed E-state index contributed by atoms with van der Waals surface area (Å²) in [5.74, 6) is 1.08. The molecule has 0 fully saturated rings. The molecule has 282 valence electrons. The molecule has 8 aromatic rings. The molecule has 0 aliphatic heterocycles. The van der Waals surface area contributed by atoms with Crippen molar-refractivity contribution < 1.29 is 9.53 Å². The minimum absolute atomic E-state index is 0.148. The molecule has 0 spiro atoms. The fourth-order valence-electron chi connectivity index (χ4n) is 7.61. The molecule has 6 aromatic carbocycles. The first-order valence-electron chi connectivity index (χ1n) is 19.3. The Hall–Kier alpha value is -7.13. The van der Waals surface area contributed by atoms with Gasteiger partial charge in [-0.15, -0.1) is 5.10 Å². The second kappa shape index (κ2) is 16.7. The first-order chi connectivity index (χ1) is 28.1. The first kappa shape index (κ1) is 36.8. The Morgan fingerprint density at radius 2 is 1.21 bits per heavy atom. The van der Waals surface area contributed by atoms with Crippen LogP contribution in [0.25, 0.3) is 22.5 Å². The number of imidazole rings is 1. The molecule has 0 atom stereocenters. The van der Waals surface area contributed by atoms with Crippen molar-refractivity contribution in [2.24, 2.45) is 0 Å². The second-order valence-electron chi connectivity index (χ2n) is 14.0. The molecular formula is C48H43N7O2. The quantitative estimate of drug-likeness (QED) is 0.0871. The number of hydrogen-bond donors (Lipinski definition) is 1. The minimum Gasteiger partial charge on any atom is -0.456 e. The number of nitrogens with zero attached hydrogens (tertiary/aromatic N) is 6. The third-order valence-corrected chi connectivity index (χ3v) is 10.4. The highest BCUT2D eigenvalue weighted by Gasteiger charge is 2.42. The van der Waals surface area contributed by atoms with Gasteiger partial charge in [0.25, 0.3) is 0 Å². The van der Waals surface area contributed by atoms with Crippen molar-refractivity contribution in [3.8, 4) is 22.5 Å². The van der Waals surface area contributed by atoms with E-state index in [0.717, 1.165) is 63.2 Å². The molecule has 57 heavy (non-hydrogen) atoms. The topological polar surface area (TPSA) is 114 Å². The smallest absolute Gasteiger partial charge is 0.359 e. The van der Waals surface area contributed by atoms with Crippen LogP contribution in [0, 0.1) is 0 Å². The van der Waals surface area contributed by atoms with Gasteiger partial charge < -0.3 is 15.0 Å². The number of nitrogens with two attached hydrogens (primary N) is 1. The van der Waals surface area contributed by atoms with Crippen LogP contribution in [0.3, 0.4) is 0 Å². The SMILES string of the molecule is CCCCc1nc(N)c(C(=O)OCc2ccccc2)n1Cc1ccc(-c2ccccc2-c2nnnn2C(c2ccccc2)(c2ccccc2)c2ccccc2)cc1. The molecule has 9 nitrogen and oxygen atoms in total. The second-order valence-corrected chi connectivity index (χ2v) is 14.0. The van der Waals surface area contributed by atoms with E-state index in [4.69, 9.17) is 20.8 Å². The summed E-state index contributed by atoms with van der Waals surface area (Å²) in [7, 11) is 0. The van der Waals surface area contributed by atoms with Crippen LogP contribution in [0.4, 0.5) is 5.82 Å². The van der Waals surface area contributed by atoms with Crippen LogP contribution < -0.4 is 5.73 Å². The molecular weight excluding hydrogens is 707 g/mol. The molecule has 0 saturated heterocycles. The standard InChI is InChI=1S/C48H43N7O2/c1-2-3-28-43-50-45(49)44(47(56)57-34-36-18-8-4-9-19-36)54(43)33-35-29-31-37(32-30-35)41-26-16-17-27-42(41)46-51-52-53-55(46)48(38-20-10-5-11-21-38,39-22-12-6-13-23-39)40-24-14-7-15-25-40/h4-27,29-32H,2-3,28,33-34,49H2,1H3. The zero-order chi connectivity index (χ0) is 39.0. The van der Waals surface area contributed by atoms with E-state index in [2.05, 4.69) is 126 Å². The van der Waals surface area contributed by atoms with Gasteiger partial charge in [-0.3, -0.25) is 0 Å². The summed E-state index contributed by atoms with van der Waals surface area (Å²) >= 11 is 0. The van der Waals surface area contributed by atoms with Crippen molar-refractivity contribution >= 4 is 11.8 Å². The molecule has 0 unspecified atom stereocenters. The number of ether oxygens (including phenoxy) is 1. The molecule has 9 heteroatoms. The zero-order valence-corrected chi connectivity index (χ0v) is 31.8. The molecule has 0 amide bonds. The molecule has 0 saturated carbocycles. The number of esters is 1. The van der Waals surface area contributed by atoms with Crippen LogP contribution in [-0.4, -0.2) is 35.7 Å². The van der Waals surface area contributed by atoms with E-state index in [-0.39, 0.29) is 18.1 Å². The summed E-state index contributed by atoms with van der Waals surface area (Å²) in [5.41, 5.74) is 13.6. The van der Waals surface area contributed by atoms with Gasteiger partial charge in [-0.25, -0.2) is 14.5 Å². The summed E-state index contributed by atoms with van der Waals surface area (Å²) < 4.78 is 9.60. The number of carbonyl (C=O) groups is 1. The van der Waals surface area contributed by atoms with Crippen LogP contribution in [0.5, 0.6) is 0 Å². The average molecular weight is 750 g/mol. The number of aryl methyl sites for hydroxylation is 1. The van der Waals surface area contributed by atoms with E-state index in [1.807, 2.05) is 69.9 Å². The van der Waals surface area contributed by atoms with Crippen molar-refractivity contribution in [1.82, 2.24) is 29.8 Å². The number of unbranched alkanes of at least 4 members (excludes halogenated alkanes) is 1. The van der Waals surface area contributed by atoms with E-state index in [1.165, 1.54) is 0 Å². The number of nitrogen functional groups attached to an aromatic ring is 1. The lowest BCUT2D eigenvalue weighted by Gasteiger charge is -2.36. The number of hydrogen-bond acceptors (Lipinski definition) is 7. The molecule has 8 rings (SSSR count). The molecule has 0 bridgehead atoms. The van der Waals surface area contributed by atoms with Gasteiger partial charge >= 0.3 is 5.97 Å². The summed E-state index contributed by atoms with van der Waals surface area (Å²) in [6, 6.07) is 57.4. The van der Waals surface area contributed by atoms with Gasteiger partial charge in [0.15, 0.2) is 17.3 Å². The van der Waals surface area contributed by atoms with Gasteiger partial charge in [-0.05, 0) is 55.8 Å². The summed E-state index contributed by atoms with van der Waals surface area (Å²) in [6.45, 7) is 2.69. The van der Waals surface area contributed by atoms with Crippen LogP contribution in [0.1, 0.15) is 63.9 Å². The molecule has 0 radical (unpaired) electrons. The van der Waals surface area contributed by atoms with Gasteiger partial charge in [-0.1, -0.05) is 183 Å². The number of aromatic nitrogens is 6. The Labute approximate surface area is 332 Å². The highest BCUT2D eigenvalue weighted by molar-refractivity contribution is 5.92. The molecule has 0 aliphatic rings. The number of benzene rings is 6. The Balaban J connectivity index is 1.17. The monoisotopic (exact) mass is 749 g/mol. The summed E-state index contributed by atoms with van der Waals surface area (Å²) in [5, 5.41) is 13.8. The molecule has 2 aromatic heterocycles. The Morgan fingerprint density at radius 3 is 1.79 bits per heavy atom. The van der Waals surface area contributed by atoms with Gasteiger partial charge in [-0.2, -0.15) is 0 Å². The van der Waals surface area contributed by atoms with E-state index >= 15 is 0 Å².